The topological polar surface area (TPSA) is 169 Å². The van der Waals surface area contributed by atoms with Crippen LogP contribution >= 0.6 is 0 Å². The van der Waals surface area contributed by atoms with Crippen LogP contribution in [0.25, 0.3) is 11.0 Å². The maximum Gasteiger partial charge on any atom is 0.408 e. The summed E-state index contributed by atoms with van der Waals surface area (Å²) in [6.07, 6.45) is 5.97. The standard InChI is InChI=1S/C35H50N6O8S/c1-7-40-27-18-14-13-16-25(27)36-32(40)48-24-19-28-29(42)21-35(31(44)38-50(46,47)39(5)6)20-23(35)15-11-9-8-10-12-17-26(30(43)41(28)22-24)37-33(45)49-34(2,3)4/h11,13-16,18,23-24,26,28H,7-10,12,17,19-22H2,1-6H3,(H,37,45)(H,38,44)/b15-11-/t23-,24+,26-,28-,35+/m0/s1. The van der Waals surface area contributed by atoms with Crippen LogP contribution in [0.4, 0.5) is 4.79 Å². The number of benzene rings is 1. The van der Waals surface area contributed by atoms with Crippen molar-refractivity contribution < 1.29 is 37.1 Å². The normalized spacial score (nSPS) is 27.1. The second-order valence-electron chi connectivity index (χ2n) is 14.7. The van der Waals surface area contributed by atoms with Crippen molar-refractivity contribution in [2.75, 3.05) is 20.6 Å². The molecule has 1 aromatic heterocycles. The maximum atomic E-state index is 14.4. The fraction of sp³-hybridized carbons (Fsp3) is 0.629. The highest BCUT2D eigenvalue weighted by atomic mass is 32.2. The first-order valence-electron chi connectivity index (χ1n) is 17.4. The predicted molar refractivity (Wildman–Crippen MR) is 186 cm³/mol. The Kier molecular flexibility index (Phi) is 11.0. The Balaban J connectivity index is 1.48. The van der Waals surface area contributed by atoms with E-state index in [1.54, 1.807) is 20.8 Å². The van der Waals surface area contributed by atoms with Gasteiger partial charge in [0.2, 0.25) is 11.8 Å². The van der Waals surface area contributed by atoms with E-state index < -0.39 is 57.3 Å². The molecule has 1 saturated carbocycles. The van der Waals surface area contributed by atoms with Crippen molar-refractivity contribution in [2.24, 2.45) is 11.3 Å². The first kappa shape index (κ1) is 37.3. The van der Waals surface area contributed by atoms with Crippen LogP contribution in [-0.4, -0.2) is 95.3 Å². The Morgan fingerprint density at radius 1 is 1.12 bits per heavy atom. The summed E-state index contributed by atoms with van der Waals surface area (Å²) >= 11 is 0. The maximum absolute atomic E-state index is 14.4. The molecule has 15 heteroatoms. The quantitative estimate of drug-likeness (QED) is 0.406. The van der Waals surface area contributed by atoms with Gasteiger partial charge in [0.15, 0.2) is 5.78 Å². The minimum atomic E-state index is -4.11. The molecule has 2 aromatic rings. The van der Waals surface area contributed by atoms with Crippen molar-refractivity contribution in [1.82, 2.24) is 28.8 Å². The molecule has 2 fully saturated rings. The number of ether oxygens (including phenoxy) is 2. The lowest BCUT2D eigenvalue weighted by molar-refractivity contribution is -0.140. The number of aromatic nitrogens is 2. The zero-order valence-electron chi connectivity index (χ0n) is 29.8. The van der Waals surface area contributed by atoms with Crippen molar-refractivity contribution in [2.45, 2.75) is 109 Å². The van der Waals surface area contributed by atoms with Gasteiger partial charge in [-0.2, -0.15) is 17.7 Å². The average Bonchev–Trinajstić information content (AvgIpc) is 3.37. The number of fused-ring (bicyclic) bond motifs is 3. The fourth-order valence-electron chi connectivity index (χ4n) is 6.85. The summed E-state index contributed by atoms with van der Waals surface area (Å²) in [5.74, 6) is -1.91. The molecule has 5 atom stereocenters. The number of carbonyl (C=O) groups is 4. The van der Waals surface area contributed by atoms with Crippen molar-refractivity contribution in [3.05, 3.63) is 36.4 Å². The van der Waals surface area contributed by atoms with Crippen molar-refractivity contribution >= 4 is 44.9 Å². The Morgan fingerprint density at radius 2 is 1.86 bits per heavy atom. The predicted octanol–water partition coefficient (Wildman–Crippen LogP) is 3.71. The molecule has 0 spiro atoms. The van der Waals surface area contributed by atoms with Crippen LogP contribution in [0, 0.1) is 11.3 Å². The molecule has 1 aromatic carbocycles. The van der Waals surface area contributed by atoms with E-state index in [4.69, 9.17) is 9.47 Å². The van der Waals surface area contributed by atoms with Crippen molar-refractivity contribution in [1.29, 1.82) is 0 Å². The number of nitrogens with zero attached hydrogens (tertiary/aromatic N) is 4. The van der Waals surface area contributed by atoms with E-state index in [-0.39, 0.29) is 31.1 Å². The van der Waals surface area contributed by atoms with Gasteiger partial charge in [0.25, 0.3) is 6.01 Å². The number of para-hydroxylation sites is 2. The Morgan fingerprint density at radius 3 is 2.56 bits per heavy atom. The van der Waals surface area contributed by atoms with Crippen LogP contribution in [0.1, 0.15) is 79.1 Å². The molecule has 0 unspecified atom stereocenters. The van der Waals surface area contributed by atoms with Crippen LogP contribution in [0.15, 0.2) is 36.4 Å². The Bertz CT molecular complexity index is 1750. The average molecular weight is 715 g/mol. The number of hydrogen-bond donors (Lipinski definition) is 2. The number of alkyl carbamates (subject to hydrolysis) is 1. The van der Waals surface area contributed by atoms with Gasteiger partial charge in [-0.25, -0.2) is 9.52 Å². The van der Waals surface area contributed by atoms with E-state index in [1.807, 2.05) is 47.9 Å². The summed E-state index contributed by atoms with van der Waals surface area (Å²) in [5.41, 5.74) is -0.431. The number of nitrogens with one attached hydrogen (secondary N) is 2. The molecule has 3 heterocycles. The number of amides is 3. The highest BCUT2D eigenvalue weighted by molar-refractivity contribution is 7.87. The largest absolute Gasteiger partial charge is 0.459 e. The summed E-state index contributed by atoms with van der Waals surface area (Å²) < 4.78 is 42.2. The summed E-state index contributed by atoms with van der Waals surface area (Å²) in [6, 6.07) is 6.04. The molecule has 2 aliphatic heterocycles. The third-order valence-electron chi connectivity index (χ3n) is 9.62. The van der Waals surface area contributed by atoms with E-state index in [2.05, 4.69) is 15.0 Å². The van der Waals surface area contributed by atoms with Crippen molar-refractivity contribution in [3.63, 3.8) is 0 Å². The lowest BCUT2D eigenvalue weighted by Gasteiger charge is -2.30. The van der Waals surface area contributed by atoms with Crippen LogP contribution in [0.5, 0.6) is 6.01 Å². The van der Waals surface area contributed by atoms with Gasteiger partial charge in [0.05, 0.1) is 29.0 Å². The zero-order chi connectivity index (χ0) is 36.4. The van der Waals surface area contributed by atoms with Gasteiger partial charge in [-0.15, -0.1) is 0 Å². The van der Waals surface area contributed by atoms with E-state index >= 15 is 0 Å². The Labute approximate surface area is 294 Å². The van der Waals surface area contributed by atoms with E-state index in [1.165, 1.54) is 19.0 Å². The number of allylic oxidation sites excluding steroid dienone is 2. The molecule has 0 radical (unpaired) electrons. The van der Waals surface area contributed by atoms with Crippen molar-refractivity contribution in [3.8, 4) is 6.01 Å². The van der Waals surface area contributed by atoms with E-state index in [0.717, 1.165) is 28.2 Å². The minimum absolute atomic E-state index is 0.0478. The molecule has 2 N–H and O–H groups in total. The van der Waals surface area contributed by atoms with Gasteiger partial charge < -0.3 is 19.7 Å². The number of ketones is 1. The van der Waals surface area contributed by atoms with E-state index in [9.17, 15) is 27.6 Å². The molecule has 1 saturated heterocycles. The van der Waals surface area contributed by atoms with Gasteiger partial charge >= 0.3 is 16.3 Å². The summed E-state index contributed by atoms with van der Waals surface area (Å²) in [6.45, 7) is 7.81. The van der Waals surface area contributed by atoms with Gasteiger partial charge in [-0.05, 0) is 71.4 Å². The van der Waals surface area contributed by atoms with Gasteiger partial charge in [0.1, 0.15) is 17.7 Å². The third kappa shape index (κ3) is 8.31. The molecule has 5 rings (SSSR count). The number of hydrogen-bond acceptors (Lipinski definition) is 9. The molecule has 50 heavy (non-hydrogen) atoms. The molecular weight excluding hydrogens is 664 g/mol. The Hall–Kier alpha value is -3.98. The number of aryl methyl sites for hydroxylation is 1. The fourth-order valence-corrected chi connectivity index (χ4v) is 7.47. The number of Topliss-reactive ketones (excluding diaryl/α,β-unsaturated/α-hetero) is 1. The van der Waals surface area contributed by atoms with Gasteiger partial charge in [0, 0.05) is 33.5 Å². The number of rotatable bonds is 7. The van der Waals surface area contributed by atoms with Gasteiger partial charge in [-0.1, -0.05) is 37.1 Å². The molecule has 14 nitrogen and oxygen atoms in total. The van der Waals surface area contributed by atoms with E-state index in [0.29, 0.717) is 38.2 Å². The second kappa shape index (κ2) is 14.7. The molecule has 274 valence electrons. The van der Waals surface area contributed by atoms with Crippen LogP contribution in [0.2, 0.25) is 0 Å². The summed E-state index contributed by atoms with van der Waals surface area (Å²) in [5, 5.41) is 2.75. The lowest BCUT2D eigenvalue weighted by atomic mass is 9.91. The highest BCUT2D eigenvalue weighted by Gasteiger charge is 2.61. The minimum Gasteiger partial charge on any atom is -0.459 e. The molecule has 3 aliphatic rings. The monoisotopic (exact) mass is 714 g/mol. The molecule has 0 bridgehead atoms. The second-order valence-corrected chi connectivity index (χ2v) is 16.6. The number of imidazole rings is 1. The molecule has 1 aliphatic carbocycles. The van der Waals surface area contributed by atoms with Crippen LogP contribution < -0.4 is 14.8 Å². The molecular formula is C35H50N6O8S. The molecule has 3 amide bonds. The summed E-state index contributed by atoms with van der Waals surface area (Å²) in [7, 11) is -1.48. The zero-order valence-corrected chi connectivity index (χ0v) is 30.6. The smallest absolute Gasteiger partial charge is 0.408 e. The highest BCUT2D eigenvalue weighted by Crippen LogP contribution is 2.57. The number of carbonyl (C=O) groups excluding carboxylic acids is 4. The third-order valence-corrected chi connectivity index (χ3v) is 11.0. The lowest BCUT2D eigenvalue weighted by Crippen LogP contribution is -2.53. The van der Waals surface area contributed by atoms with Gasteiger partial charge in [-0.3, -0.25) is 19.0 Å². The first-order valence-corrected chi connectivity index (χ1v) is 18.8. The van der Waals surface area contributed by atoms with Crippen LogP contribution in [0.3, 0.4) is 0 Å². The first-order chi connectivity index (χ1) is 23.5. The SMILES string of the molecule is CCn1c(O[C@@H]2C[C@H]3C(=O)C[C@]4(C(=O)NS(=O)(=O)N(C)C)C[C@@H]4/C=C\CCCCC[C@H](NC(=O)OC(C)(C)C)C(=O)N3C2)nc2ccccc21. The summed E-state index contributed by atoms with van der Waals surface area (Å²) in [4.78, 5) is 61.4. The van der Waals surface area contributed by atoms with Crippen LogP contribution in [-0.2, 0) is 35.9 Å².